The number of aliphatic hydroxyl groups excluding tert-OH is 1. The number of piperazine rings is 1. The van der Waals surface area contributed by atoms with E-state index in [-0.39, 0.29) is 74.1 Å². The second-order valence-corrected chi connectivity index (χ2v) is 16.4. The molecule has 7 heterocycles. The molecule has 12 nitrogen and oxygen atoms in total. The van der Waals surface area contributed by atoms with Crippen molar-refractivity contribution < 1.29 is 28.1 Å². The average molecular weight is 733 g/mol. The highest BCUT2D eigenvalue weighted by Crippen LogP contribution is 2.50. The number of anilines is 2. The first-order valence-corrected chi connectivity index (χ1v) is 19.0. The lowest BCUT2D eigenvalue weighted by Gasteiger charge is -2.42. The van der Waals surface area contributed by atoms with Gasteiger partial charge in [0.05, 0.1) is 66.7 Å². The van der Waals surface area contributed by atoms with Crippen LogP contribution < -0.4 is 15.4 Å². The molecule has 52 heavy (non-hydrogen) atoms. The van der Waals surface area contributed by atoms with E-state index in [1.54, 1.807) is 6.92 Å². The number of benzene rings is 1. The van der Waals surface area contributed by atoms with Gasteiger partial charge in [0, 0.05) is 67.2 Å². The molecule has 4 fully saturated rings. The number of β-amino-alcohol motifs (C(OH)–C–C–N with tert-alkyl or cyclic N) is 1. The fourth-order valence-electron chi connectivity index (χ4n) is 8.91. The number of aromatic nitrogens is 3. The Kier molecular flexibility index (Phi) is 8.48. The van der Waals surface area contributed by atoms with Crippen LogP contribution in [0.1, 0.15) is 56.2 Å². The molecule has 1 saturated carbocycles. The monoisotopic (exact) mass is 732 g/mol. The number of aliphatic hydroxyl groups is 1. The fourth-order valence-corrected chi connectivity index (χ4v) is 9.83. The van der Waals surface area contributed by atoms with Crippen LogP contribution in [-0.2, 0) is 22.7 Å². The zero-order chi connectivity index (χ0) is 35.9. The minimum Gasteiger partial charge on any atom is -0.463 e. The number of hydrogen-bond donors (Lipinski definition) is 2. The van der Waals surface area contributed by atoms with Gasteiger partial charge in [0.25, 0.3) is 0 Å². The molecule has 4 aliphatic heterocycles. The number of nitrogens with two attached hydrogens (primary N) is 1. The second kappa shape index (κ2) is 13.0. The number of likely N-dealkylation sites (tertiary alicyclic amines) is 1. The molecule has 2 unspecified atom stereocenters. The van der Waals surface area contributed by atoms with Crippen LogP contribution in [0.4, 0.5) is 19.6 Å². The second-order valence-electron chi connectivity index (χ2n) is 15.3. The Morgan fingerprint density at radius 1 is 1.15 bits per heavy atom. The molecule has 4 aromatic rings. The highest BCUT2D eigenvalue weighted by Gasteiger charge is 2.47. The van der Waals surface area contributed by atoms with Gasteiger partial charge >= 0.3 is 6.01 Å². The van der Waals surface area contributed by atoms with Crippen LogP contribution >= 0.6 is 11.3 Å². The maximum atomic E-state index is 17.5. The third-order valence-electron chi connectivity index (χ3n) is 11.6. The van der Waals surface area contributed by atoms with E-state index in [4.69, 9.17) is 29.9 Å². The van der Waals surface area contributed by atoms with Gasteiger partial charge in [-0.1, -0.05) is 0 Å². The van der Waals surface area contributed by atoms with Crippen LogP contribution in [0.2, 0.25) is 0 Å². The van der Waals surface area contributed by atoms with Crippen LogP contribution in [0.25, 0.3) is 32.2 Å². The number of nitrogens with zero attached hydrogens (tertiary/aromatic N) is 7. The van der Waals surface area contributed by atoms with E-state index in [1.807, 2.05) is 0 Å². The van der Waals surface area contributed by atoms with Crippen molar-refractivity contribution in [2.45, 2.75) is 77.0 Å². The summed E-state index contributed by atoms with van der Waals surface area (Å²) in [6, 6.07) is 2.72. The minimum absolute atomic E-state index is 0.0403. The third kappa shape index (κ3) is 5.66. The molecule has 274 valence electrons. The van der Waals surface area contributed by atoms with Gasteiger partial charge in [0.15, 0.2) is 11.6 Å². The molecule has 3 N–H and O–H groups in total. The van der Waals surface area contributed by atoms with Crippen molar-refractivity contribution in [3.63, 3.8) is 0 Å². The SMILES string of the molecule is C[C@@H](O)CN1CC2CCC(C1)N2c1nc(OCC2(CN3CCOC[C@@H]3C)CC2)nc2c(F)c(-c3ncc(F)c4sc(N)c(C#N)c34)c3c(c12)COC3. The van der Waals surface area contributed by atoms with E-state index in [9.17, 15) is 10.4 Å². The molecule has 4 atom stereocenters. The smallest absolute Gasteiger partial charge is 0.319 e. The summed E-state index contributed by atoms with van der Waals surface area (Å²) in [4.78, 5) is 21.4. The highest BCUT2D eigenvalue weighted by atomic mass is 32.1. The van der Waals surface area contributed by atoms with Crippen LogP contribution in [0.5, 0.6) is 6.01 Å². The topological polar surface area (TPSA) is 146 Å². The normalized spacial score (nSPS) is 24.8. The quantitative estimate of drug-likeness (QED) is 0.248. The number of halogens is 2. The van der Waals surface area contributed by atoms with E-state index in [1.165, 1.54) is 0 Å². The molecule has 3 aromatic heterocycles. The summed E-state index contributed by atoms with van der Waals surface area (Å²) < 4.78 is 50.9. The van der Waals surface area contributed by atoms with E-state index in [0.29, 0.717) is 49.2 Å². The van der Waals surface area contributed by atoms with Gasteiger partial charge in [-0.25, -0.2) is 8.78 Å². The number of nitriles is 1. The van der Waals surface area contributed by atoms with Gasteiger partial charge in [-0.3, -0.25) is 14.8 Å². The molecule has 0 spiro atoms. The predicted molar refractivity (Wildman–Crippen MR) is 192 cm³/mol. The Labute approximate surface area is 304 Å². The van der Waals surface area contributed by atoms with E-state index in [0.717, 1.165) is 75.0 Å². The van der Waals surface area contributed by atoms with Crippen molar-refractivity contribution in [2.75, 3.05) is 63.2 Å². The Balaban J connectivity index is 1.19. The first-order valence-electron chi connectivity index (χ1n) is 18.2. The third-order valence-corrected chi connectivity index (χ3v) is 12.7. The van der Waals surface area contributed by atoms with Crippen LogP contribution in [0.3, 0.4) is 0 Å². The van der Waals surface area contributed by atoms with Gasteiger partial charge in [-0.2, -0.15) is 15.2 Å². The molecular formula is C37H42F2N8O4S. The molecule has 1 aliphatic carbocycles. The minimum atomic E-state index is -0.648. The van der Waals surface area contributed by atoms with E-state index < -0.39 is 17.7 Å². The standard InChI is InChI=1S/C37H42F2N8O4S/c1-19-14-49-8-7-46(19)17-37(5-6-37)18-51-36-43-32-29(35(44-36)47-21-3-4-22(47)13-45(12-21)11-20(2)48)25-16-50-15-24(25)27(30(32)39)31-28-23(9-40)34(41)52-33(28)26(38)10-42-31/h10,19-22,48H,3-8,11-18,41H2,1-2H3/t19-,20+,21?,22?/m0/s1. The molecule has 3 saturated heterocycles. The summed E-state index contributed by atoms with van der Waals surface area (Å²) in [5, 5.41) is 21.1. The van der Waals surface area contributed by atoms with Crippen molar-refractivity contribution in [1.29, 1.82) is 5.26 Å². The van der Waals surface area contributed by atoms with Crippen LogP contribution in [-0.4, -0.2) is 107 Å². The lowest BCUT2D eigenvalue weighted by Crippen LogP contribution is -2.55. The van der Waals surface area contributed by atoms with Crippen molar-refractivity contribution in [2.24, 2.45) is 5.41 Å². The molecular weight excluding hydrogens is 691 g/mol. The number of nitrogen functional groups attached to an aromatic ring is 1. The fraction of sp³-hybridized carbons (Fsp3) is 0.568. The molecule has 0 amide bonds. The Bertz CT molecular complexity index is 2110. The summed E-state index contributed by atoms with van der Waals surface area (Å²) in [6.07, 6.45) is 4.53. The molecule has 15 heteroatoms. The molecule has 0 radical (unpaired) electrons. The summed E-state index contributed by atoms with van der Waals surface area (Å²) in [5.74, 6) is -0.653. The van der Waals surface area contributed by atoms with Crippen molar-refractivity contribution in [3.05, 3.63) is 34.5 Å². The number of ether oxygens (including phenoxy) is 3. The Morgan fingerprint density at radius 2 is 1.92 bits per heavy atom. The van der Waals surface area contributed by atoms with E-state index >= 15 is 8.78 Å². The van der Waals surface area contributed by atoms with Gasteiger partial charge in [-0.05, 0) is 50.7 Å². The highest BCUT2D eigenvalue weighted by molar-refractivity contribution is 7.23. The lowest BCUT2D eigenvalue weighted by atomic mass is 9.93. The maximum Gasteiger partial charge on any atom is 0.319 e. The number of pyridine rings is 1. The molecule has 5 aliphatic rings. The van der Waals surface area contributed by atoms with Crippen molar-refractivity contribution in [1.82, 2.24) is 24.8 Å². The van der Waals surface area contributed by atoms with Gasteiger partial charge in [-0.15, -0.1) is 11.3 Å². The Hall–Kier alpha value is -3.78. The number of hydrogen-bond acceptors (Lipinski definition) is 13. The largest absolute Gasteiger partial charge is 0.463 e. The average Bonchev–Trinajstić information content (AvgIpc) is 3.40. The lowest BCUT2D eigenvalue weighted by molar-refractivity contribution is -0.0134. The van der Waals surface area contributed by atoms with Crippen molar-refractivity contribution in [3.8, 4) is 23.3 Å². The predicted octanol–water partition coefficient (Wildman–Crippen LogP) is 4.58. The summed E-state index contributed by atoms with van der Waals surface area (Å²) in [6.45, 7) is 9.95. The van der Waals surface area contributed by atoms with Crippen molar-refractivity contribution >= 4 is 43.1 Å². The summed E-state index contributed by atoms with van der Waals surface area (Å²) >= 11 is 0.948. The zero-order valence-corrected chi connectivity index (χ0v) is 30.1. The number of rotatable bonds is 9. The maximum absolute atomic E-state index is 17.5. The Morgan fingerprint density at radius 3 is 2.63 bits per heavy atom. The van der Waals surface area contributed by atoms with E-state index in [2.05, 4.69) is 32.7 Å². The van der Waals surface area contributed by atoms with Gasteiger partial charge < -0.3 is 30.0 Å². The number of fused-ring (bicyclic) bond motifs is 6. The van der Waals surface area contributed by atoms with Crippen LogP contribution in [0, 0.1) is 28.4 Å². The first kappa shape index (κ1) is 34.0. The number of thiophene rings is 1. The van der Waals surface area contributed by atoms with Gasteiger partial charge in [0.2, 0.25) is 0 Å². The zero-order valence-electron chi connectivity index (χ0n) is 29.3. The summed E-state index contributed by atoms with van der Waals surface area (Å²) in [5.41, 5.74) is 7.86. The molecule has 1 aromatic carbocycles. The number of morpholine rings is 1. The van der Waals surface area contributed by atoms with Gasteiger partial charge in [0.1, 0.15) is 22.4 Å². The first-order chi connectivity index (χ1) is 25.1. The van der Waals surface area contributed by atoms with Crippen LogP contribution in [0.15, 0.2) is 6.20 Å². The molecule has 2 bridgehead atoms. The molecule has 9 rings (SSSR count). The summed E-state index contributed by atoms with van der Waals surface area (Å²) in [7, 11) is 0.